The highest BCUT2D eigenvalue weighted by Gasteiger charge is 1.98. The van der Waals surface area contributed by atoms with Gasteiger partial charge in [-0.05, 0) is 19.1 Å². The number of rotatable bonds is 4. The molecule has 4 heteroatoms. The van der Waals surface area contributed by atoms with Crippen molar-refractivity contribution in [2.75, 3.05) is 6.54 Å². The summed E-state index contributed by atoms with van der Waals surface area (Å²) < 4.78 is 4.95. The standard InChI is InChI=1S/C7H11NO3/c1-2-8(9)11-6-7-4-3-5-10-7/h3-5,8H,2,6H2,1H3. The highest BCUT2D eigenvalue weighted by molar-refractivity contribution is 4.95. The summed E-state index contributed by atoms with van der Waals surface area (Å²) in [6.45, 7) is 2.39. The Morgan fingerprint density at radius 3 is 3.09 bits per heavy atom. The zero-order chi connectivity index (χ0) is 8.10. The maximum Gasteiger partial charge on any atom is 0.164 e. The Balaban J connectivity index is 2.23. The molecule has 0 aliphatic rings. The summed E-state index contributed by atoms with van der Waals surface area (Å²) in [6, 6.07) is 3.53. The Labute approximate surface area is 64.9 Å². The second-order valence-corrected chi connectivity index (χ2v) is 2.09. The summed E-state index contributed by atoms with van der Waals surface area (Å²) in [4.78, 5) is 4.80. The van der Waals surface area contributed by atoms with Crippen LogP contribution in [0, 0.1) is 5.21 Å². The summed E-state index contributed by atoms with van der Waals surface area (Å²) in [5.41, 5.74) is 0. The van der Waals surface area contributed by atoms with Crippen molar-refractivity contribution < 1.29 is 14.5 Å². The highest BCUT2D eigenvalue weighted by Crippen LogP contribution is 1.98. The molecule has 0 fully saturated rings. The van der Waals surface area contributed by atoms with Gasteiger partial charge in [0.15, 0.2) is 6.61 Å². The maximum absolute atomic E-state index is 10.6. The molecular weight excluding hydrogens is 146 g/mol. The lowest BCUT2D eigenvalue weighted by molar-refractivity contribution is -1.05. The summed E-state index contributed by atoms with van der Waals surface area (Å²) in [7, 11) is 0. The predicted octanol–water partition coefficient (Wildman–Crippen LogP) is 0.114. The van der Waals surface area contributed by atoms with Crippen LogP contribution in [0.3, 0.4) is 0 Å². The Morgan fingerprint density at radius 2 is 2.55 bits per heavy atom. The van der Waals surface area contributed by atoms with Crippen LogP contribution in [0.25, 0.3) is 0 Å². The molecule has 1 unspecified atom stereocenters. The van der Waals surface area contributed by atoms with Crippen LogP contribution in [0.4, 0.5) is 0 Å². The van der Waals surface area contributed by atoms with Gasteiger partial charge in [0.25, 0.3) is 0 Å². The van der Waals surface area contributed by atoms with Gasteiger partial charge in [0.2, 0.25) is 0 Å². The quantitative estimate of drug-likeness (QED) is 0.631. The smallest absolute Gasteiger partial charge is 0.164 e. The largest absolute Gasteiger partial charge is 0.600 e. The van der Waals surface area contributed by atoms with E-state index in [1.165, 1.54) is 0 Å². The van der Waals surface area contributed by atoms with Crippen LogP contribution in [0.1, 0.15) is 12.7 Å². The molecule has 0 bridgehead atoms. The van der Waals surface area contributed by atoms with Crippen molar-refractivity contribution in [1.29, 1.82) is 0 Å². The van der Waals surface area contributed by atoms with Crippen LogP contribution < -0.4 is 5.23 Å². The summed E-state index contributed by atoms with van der Waals surface area (Å²) >= 11 is 0. The second-order valence-electron chi connectivity index (χ2n) is 2.09. The lowest BCUT2D eigenvalue weighted by Crippen LogP contribution is -3.05. The van der Waals surface area contributed by atoms with E-state index in [1.54, 1.807) is 25.3 Å². The van der Waals surface area contributed by atoms with Crippen molar-refractivity contribution in [2.45, 2.75) is 13.5 Å². The van der Waals surface area contributed by atoms with Gasteiger partial charge in [-0.1, -0.05) is 0 Å². The van der Waals surface area contributed by atoms with Crippen LogP contribution in [0.5, 0.6) is 0 Å². The van der Waals surface area contributed by atoms with Crippen molar-refractivity contribution in [3.63, 3.8) is 0 Å². The first kappa shape index (κ1) is 8.26. The lowest BCUT2D eigenvalue weighted by atomic mass is 10.5. The molecule has 1 aromatic rings. The zero-order valence-electron chi connectivity index (χ0n) is 6.37. The topological polar surface area (TPSA) is 49.9 Å². The van der Waals surface area contributed by atoms with Gasteiger partial charge >= 0.3 is 0 Å². The van der Waals surface area contributed by atoms with E-state index in [1.807, 2.05) is 0 Å². The van der Waals surface area contributed by atoms with Gasteiger partial charge in [0.1, 0.15) is 12.3 Å². The van der Waals surface area contributed by atoms with Crippen LogP contribution >= 0.6 is 0 Å². The van der Waals surface area contributed by atoms with Gasteiger partial charge in [-0.3, -0.25) is 0 Å². The summed E-state index contributed by atoms with van der Waals surface area (Å²) in [5, 5.41) is 10.4. The average Bonchev–Trinajstić information content (AvgIpc) is 2.52. The van der Waals surface area contributed by atoms with E-state index in [0.29, 0.717) is 12.3 Å². The van der Waals surface area contributed by atoms with Gasteiger partial charge in [0.05, 0.1) is 6.26 Å². The molecule has 0 aliphatic heterocycles. The van der Waals surface area contributed by atoms with E-state index in [2.05, 4.69) is 0 Å². The minimum Gasteiger partial charge on any atom is -0.600 e. The third-order valence-corrected chi connectivity index (χ3v) is 1.24. The van der Waals surface area contributed by atoms with E-state index < -0.39 is 0 Å². The molecule has 0 aromatic carbocycles. The molecule has 1 heterocycles. The summed E-state index contributed by atoms with van der Waals surface area (Å²) in [6.07, 6.45) is 1.55. The van der Waals surface area contributed by atoms with E-state index >= 15 is 0 Å². The Morgan fingerprint density at radius 1 is 1.73 bits per heavy atom. The number of nitrogens with one attached hydrogen (secondary N) is 1. The third kappa shape index (κ3) is 2.71. The molecule has 1 rings (SSSR count). The van der Waals surface area contributed by atoms with Gasteiger partial charge < -0.3 is 9.62 Å². The first-order valence-corrected chi connectivity index (χ1v) is 3.51. The molecule has 62 valence electrons. The van der Waals surface area contributed by atoms with Crippen molar-refractivity contribution in [1.82, 2.24) is 0 Å². The molecule has 1 aromatic heterocycles. The number of hydrogen-bond acceptors (Lipinski definition) is 3. The van der Waals surface area contributed by atoms with Crippen LogP contribution in [0.15, 0.2) is 22.8 Å². The third-order valence-electron chi connectivity index (χ3n) is 1.24. The van der Waals surface area contributed by atoms with E-state index in [9.17, 15) is 5.21 Å². The second kappa shape index (κ2) is 4.12. The average molecular weight is 157 g/mol. The lowest BCUT2D eigenvalue weighted by Gasteiger charge is -2.16. The van der Waals surface area contributed by atoms with Gasteiger partial charge in [0, 0.05) is 0 Å². The molecule has 0 saturated heterocycles. The fourth-order valence-electron chi connectivity index (χ4n) is 0.648. The Hall–Kier alpha value is -0.840. The maximum atomic E-state index is 10.6. The van der Waals surface area contributed by atoms with Gasteiger partial charge in [-0.25, -0.2) is 5.23 Å². The number of furan rings is 1. The molecule has 0 spiro atoms. The Bertz CT molecular complexity index is 186. The molecular formula is C7H11NO3. The van der Waals surface area contributed by atoms with Crippen molar-refractivity contribution in [2.24, 2.45) is 0 Å². The van der Waals surface area contributed by atoms with E-state index in [0.717, 1.165) is 0 Å². The molecule has 1 N–H and O–H groups in total. The SMILES string of the molecule is CC[NH+]([O-])OCc1ccco1. The predicted molar refractivity (Wildman–Crippen MR) is 38.4 cm³/mol. The molecule has 11 heavy (non-hydrogen) atoms. The molecule has 0 aliphatic carbocycles. The highest BCUT2D eigenvalue weighted by atomic mass is 16.9. The zero-order valence-corrected chi connectivity index (χ0v) is 6.37. The number of hydroxylamine groups is 2. The molecule has 4 nitrogen and oxygen atoms in total. The fourth-order valence-corrected chi connectivity index (χ4v) is 0.648. The first-order valence-electron chi connectivity index (χ1n) is 3.51. The molecule has 1 atom stereocenters. The van der Waals surface area contributed by atoms with Crippen molar-refractivity contribution >= 4 is 0 Å². The van der Waals surface area contributed by atoms with Gasteiger partial charge in [-0.2, -0.15) is 4.84 Å². The van der Waals surface area contributed by atoms with Gasteiger partial charge in [-0.15, -0.1) is 0 Å². The van der Waals surface area contributed by atoms with Crippen molar-refractivity contribution in [3.8, 4) is 0 Å². The van der Waals surface area contributed by atoms with Crippen molar-refractivity contribution in [3.05, 3.63) is 29.4 Å². The monoisotopic (exact) mass is 157 g/mol. The molecule has 0 saturated carbocycles. The fraction of sp³-hybridized carbons (Fsp3) is 0.429. The van der Waals surface area contributed by atoms with Crippen LogP contribution in [-0.4, -0.2) is 6.54 Å². The number of hydrogen-bond donors (Lipinski definition) is 1. The van der Waals surface area contributed by atoms with E-state index in [4.69, 9.17) is 9.25 Å². The normalized spacial score (nSPS) is 13.3. The Kier molecular flexibility index (Phi) is 3.10. The number of quaternary nitrogens is 1. The summed E-state index contributed by atoms with van der Waals surface area (Å²) in [5.74, 6) is 0.673. The minimum absolute atomic E-state index is 0.207. The first-order chi connectivity index (χ1) is 5.33. The molecule has 0 radical (unpaired) electrons. The van der Waals surface area contributed by atoms with Crippen LogP contribution in [0.2, 0.25) is 0 Å². The van der Waals surface area contributed by atoms with E-state index in [-0.39, 0.29) is 11.8 Å². The van der Waals surface area contributed by atoms with Crippen LogP contribution in [-0.2, 0) is 11.4 Å². The minimum atomic E-state index is -0.207. The molecule has 0 amide bonds.